The maximum atomic E-state index is 11.0. The first-order chi connectivity index (χ1) is 8.25. The molecule has 2 rings (SSSR count). The largest absolute Gasteiger partial charge is 0.382 e. The van der Waals surface area contributed by atoms with Crippen molar-refractivity contribution in [1.29, 1.82) is 0 Å². The van der Waals surface area contributed by atoms with E-state index in [1.54, 1.807) is 0 Å². The van der Waals surface area contributed by atoms with Crippen LogP contribution in [0.25, 0.3) is 0 Å². The van der Waals surface area contributed by atoms with Gasteiger partial charge in [0, 0.05) is 11.7 Å². The molecule has 0 aromatic heterocycles. The number of anilines is 1. The highest BCUT2D eigenvalue weighted by Gasteiger charge is 2.14. The average Bonchev–Trinajstić information content (AvgIpc) is 2.32. The number of nitrogens with two attached hydrogens (primary N) is 1. The fourth-order valence-corrected chi connectivity index (χ4v) is 2.47. The number of hydrogen-bond donors (Lipinski definition) is 2. The highest BCUT2D eigenvalue weighted by Crippen LogP contribution is 2.23. The van der Waals surface area contributed by atoms with Crippen molar-refractivity contribution < 1.29 is 4.79 Å². The molecule has 92 valence electrons. The van der Waals surface area contributed by atoms with Gasteiger partial charge in [0.1, 0.15) is 0 Å². The van der Waals surface area contributed by atoms with Crippen LogP contribution in [0.15, 0.2) is 24.3 Å². The first-order valence-corrected chi connectivity index (χ1v) is 6.38. The number of para-hydroxylation sites is 1. The van der Waals surface area contributed by atoms with Crippen LogP contribution in [0.5, 0.6) is 0 Å². The Morgan fingerprint density at radius 2 is 1.94 bits per heavy atom. The molecule has 0 bridgehead atoms. The number of benzene rings is 1. The van der Waals surface area contributed by atoms with Gasteiger partial charge in [-0.3, -0.25) is 4.79 Å². The zero-order valence-corrected chi connectivity index (χ0v) is 10.1. The van der Waals surface area contributed by atoms with E-state index in [1.165, 1.54) is 32.1 Å². The summed E-state index contributed by atoms with van der Waals surface area (Å²) in [5, 5.41) is 3.55. The van der Waals surface area contributed by atoms with Crippen molar-refractivity contribution in [3.63, 3.8) is 0 Å². The summed E-state index contributed by atoms with van der Waals surface area (Å²) in [6.07, 6.45) is 6.72. The smallest absolute Gasteiger partial charge is 0.221 e. The Bertz CT molecular complexity index is 384. The minimum Gasteiger partial charge on any atom is -0.382 e. The molecule has 17 heavy (non-hydrogen) atoms. The van der Waals surface area contributed by atoms with Crippen LogP contribution in [0, 0.1) is 0 Å². The SMILES string of the molecule is NC(=O)Cc1ccccc1NC1CCCCC1. The molecule has 0 radical (unpaired) electrons. The first-order valence-electron chi connectivity index (χ1n) is 6.38. The van der Waals surface area contributed by atoms with Gasteiger partial charge < -0.3 is 11.1 Å². The Morgan fingerprint density at radius 3 is 2.65 bits per heavy atom. The molecule has 3 nitrogen and oxygen atoms in total. The van der Waals surface area contributed by atoms with Gasteiger partial charge in [-0.05, 0) is 24.5 Å². The number of hydrogen-bond acceptors (Lipinski definition) is 2. The van der Waals surface area contributed by atoms with Gasteiger partial charge in [-0.15, -0.1) is 0 Å². The molecule has 0 atom stereocenters. The predicted molar refractivity (Wildman–Crippen MR) is 69.8 cm³/mol. The quantitative estimate of drug-likeness (QED) is 0.837. The molecule has 1 aliphatic rings. The van der Waals surface area contributed by atoms with Gasteiger partial charge in [0.25, 0.3) is 0 Å². The van der Waals surface area contributed by atoms with E-state index < -0.39 is 0 Å². The van der Waals surface area contributed by atoms with Crippen molar-refractivity contribution in [3.05, 3.63) is 29.8 Å². The summed E-state index contributed by atoms with van der Waals surface area (Å²) < 4.78 is 0. The lowest BCUT2D eigenvalue weighted by Crippen LogP contribution is -2.23. The fourth-order valence-electron chi connectivity index (χ4n) is 2.47. The molecule has 0 unspecified atom stereocenters. The Labute approximate surface area is 102 Å². The molecular formula is C14H20N2O. The van der Waals surface area contributed by atoms with Gasteiger partial charge in [-0.1, -0.05) is 37.5 Å². The topological polar surface area (TPSA) is 55.1 Å². The van der Waals surface area contributed by atoms with Crippen molar-refractivity contribution in [2.24, 2.45) is 5.73 Å². The van der Waals surface area contributed by atoms with Crippen LogP contribution in [-0.4, -0.2) is 11.9 Å². The molecular weight excluding hydrogens is 212 g/mol. The van der Waals surface area contributed by atoms with E-state index in [1.807, 2.05) is 24.3 Å². The second-order valence-electron chi connectivity index (χ2n) is 4.78. The third-order valence-electron chi connectivity index (χ3n) is 3.35. The molecule has 3 heteroatoms. The minimum absolute atomic E-state index is 0.275. The molecule has 0 heterocycles. The second kappa shape index (κ2) is 5.71. The molecule has 0 saturated heterocycles. The normalized spacial score (nSPS) is 16.7. The second-order valence-corrected chi connectivity index (χ2v) is 4.78. The van der Waals surface area contributed by atoms with E-state index in [2.05, 4.69) is 5.32 Å². The molecule has 1 saturated carbocycles. The highest BCUT2D eigenvalue weighted by molar-refractivity contribution is 5.78. The average molecular weight is 232 g/mol. The molecule has 1 aromatic rings. The van der Waals surface area contributed by atoms with Crippen molar-refractivity contribution in [3.8, 4) is 0 Å². The van der Waals surface area contributed by atoms with E-state index in [0.717, 1.165) is 11.3 Å². The molecule has 1 amide bonds. The zero-order chi connectivity index (χ0) is 12.1. The van der Waals surface area contributed by atoms with Gasteiger partial charge in [0.15, 0.2) is 0 Å². The van der Waals surface area contributed by atoms with E-state index in [9.17, 15) is 4.79 Å². The number of rotatable bonds is 4. The predicted octanol–water partition coefficient (Wildman–Crippen LogP) is 2.46. The van der Waals surface area contributed by atoms with Crippen LogP contribution in [0.2, 0.25) is 0 Å². The van der Waals surface area contributed by atoms with Crippen molar-refractivity contribution in [2.75, 3.05) is 5.32 Å². The lowest BCUT2D eigenvalue weighted by atomic mass is 9.95. The Hall–Kier alpha value is -1.51. The fraction of sp³-hybridized carbons (Fsp3) is 0.500. The molecule has 1 aromatic carbocycles. The van der Waals surface area contributed by atoms with Crippen LogP contribution >= 0.6 is 0 Å². The summed E-state index contributed by atoms with van der Waals surface area (Å²) in [6, 6.07) is 8.50. The first kappa shape index (κ1) is 12.0. The summed E-state index contributed by atoms with van der Waals surface area (Å²) in [6.45, 7) is 0. The van der Waals surface area contributed by atoms with E-state index >= 15 is 0 Å². The van der Waals surface area contributed by atoms with Gasteiger partial charge in [0.05, 0.1) is 6.42 Å². The summed E-state index contributed by atoms with van der Waals surface area (Å²) in [5.74, 6) is -0.275. The summed E-state index contributed by atoms with van der Waals surface area (Å²) in [5.41, 5.74) is 7.33. The van der Waals surface area contributed by atoms with Crippen molar-refractivity contribution >= 4 is 11.6 Å². The standard InChI is InChI=1S/C14H20N2O/c15-14(17)10-11-6-4-5-9-13(11)16-12-7-2-1-3-8-12/h4-6,9,12,16H,1-3,7-8,10H2,(H2,15,17). The maximum Gasteiger partial charge on any atom is 0.221 e. The third-order valence-corrected chi connectivity index (χ3v) is 3.35. The van der Waals surface area contributed by atoms with E-state index in [-0.39, 0.29) is 5.91 Å². The Balaban J connectivity index is 2.05. The minimum atomic E-state index is -0.275. The van der Waals surface area contributed by atoms with Crippen LogP contribution in [-0.2, 0) is 11.2 Å². The van der Waals surface area contributed by atoms with Crippen LogP contribution in [0.3, 0.4) is 0 Å². The van der Waals surface area contributed by atoms with Crippen LogP contribution < -0.4 is 11.1 Å². The third kappa shape index (κ3) is 3.48. The number of nitrogens with one attached hydrogen (secondary N) is 1. The molecule has 0 spiro atoms. The van der Waals surface area contributed by atoms with Crippen LogP contribution in [0.1, 0.15) is 37.7 Å². The number of carbonyl (C=O) groups is 1. The van der Waals surface area contributed by atoms with Crippen molar-refractivity contribution in [1.82, 2.24) is 0 Å². The molecule has 3 N–H and O–H groups in total. The van der Waals surface area contributed by atoms with E-state index in [0.29, 0.717) is 12.5 Å². The monoisotopic (exact) mass is 232 g/mol. The summed E-state index contributed by atoms with van der Waals surface area (Å²) in [4.78, 5) is 11.0. The van der Waals surface area contributed by atoms with Crippen molar-refractivity contribution in [2.45, 2.75) is 44.6 Å². The Kier molecular flexibility index (Phi) is 4.02. The van der Waals surface area contributed by atoms with Gasteiger partial charge in [-0.2, -0.15) is 0 Å². The number of amides is 1. The zero-order valence-electron chi connectivity index (χ0n) is 10.1. The van der Waals surface area contributed by atoms with Gasteiger partial charge in [-0.25, -0.2) is 0 Å². The lowest BCUT2D eigenvalue weighted by molar-refractivity contribution is -0.117. The lowest BCUT2D eigenvalue weighted by Gasteiger charge is -2.25. The molecule has 1 aliphatic carbocycles. The van der Waals surface area contributed by atoms with E-state index in [4.69, 9.17) is 5.73 Å². The Morgan fingerprint density at radius 1 is 1.24 bits per heavy atom. The molecule has 0 aliphatic heterocycles. The highest BCUT2D eigenvalue weighted by atomic mass is 16.1. The van der Waals surface area contributed by atoms with Gasteiger partial charge >= 0.3 is 0 Å². The summed E-state index contributed by atoms with van der Waals surface area (Å²) in [7, 11) is 0. The maximum absolute atomic E-state index is 11.0. The van der Waals surface area contributed by atoms with Crippen LogP contribution in [0.4, 0.5) is 5.69 Å². The summed E-state index contributed by atoms with van der Waals surface area (Å²) >= 11 is 0. The number of carbonyl (C=O) groups excluding carboxylic acids is 1. The van der Waals surface area contributed by atoms with Gasteiger partial charge in [0.2, 0.25) is 5.91 Å². The molecule has 1 fully saturated rings. The number of primary amides is 1.